The Balaban J connectivity index is 1.93. The molecule has 0 aromatic heterocycles. The van der Waals surface area contributed by atoms with Gasteiger partial charge in [-0.25, -0.2) is 0 Å². The molecule has 0 amide bonds. The molecule has 2 heterocycles. The van der Waals surface area contributed by atoms with Crippen LogP contribution in [0.4, 0.5) is 0 Å². The molecule has 15 heavy (non-hydrogen) atoms. The normalized spacial score (nSPS) is 41.3. The molecule has 0 saturated carbocycles. The summed E-state index contributed by atoms with van der Waals surface area (Å²) in [6.45, 7) is 0.853. The van der Waals surface area contributed by atoms with Crippen LogP contribution in [0, 0.1) is 0 Å². The number of hydrogen-bond donors (Lipinski definition) is 0. The summed E-state index contributed by atoms with van der Waals surface area (Å²) in [7, 11) is 0. The Kier molecular flexibility index (Phi) is 1.46. The summed E-state index contributed by atoms with van der Waals surface area (Å²) in [5, 5.41) is 0. The summed E-state index contributed by atoms with van der Waals surface area (Å²) < 4.78 is 11.6. The van der Waals surface area contributed by atoms with Crippen LogP contribution >= 0.6 is 0 Å². The summed E-state index contributed by atoms with van der Waals surface area (Å²) in [4.78, 5) is 0. The van der Waals surface area contributed by atoms with Gasteiger partial charge in [-0.1, -0.05) is 24.3 Å². The molecule has 3 unspecified atom stereocenters. The van der Waals surface area contributed by atoms with Gasteiger partial charge >= 0.3 is 0 Å². The van der Waals surface area contributed by atoms with Gasteiger partial charge in [0.15, 0.2) is 6.29 Å². The predicted molar refractivity (Wildman–Crippen MR) is 55.5 cm³/mol. The zero-order chi connectivity index (χ0) is 9.88. The van der Waals surface area contributed by atoms with Crippen LogP contribution in [0.25, 0.3) is 0 Å². The quantitative estimate of drug-likeness (QED) is 0.643. The maximum atomic E-state index is 5.95. The Bertz CT molecular complexity index is 411. The molecule has 1 spiro atoms. The fourth-order valence-corrected chi connectivity index (χ4v) is 3.52. The van der Waals surface area contributed by atoms with Gasteiger partial charge in [-0.2, -0.15) is 0 Å². The van der Waals surface area contributed by atoms with Crippen LogP contribution < -0.4 is 0 Å². The number of hydrogen-bond acceptors (Lipinski definition) is 2. The minimum Gasteiger partial charge on any atom is -0.353 e. The lowest BCUT2D eigenvalue weighted by Gasteiger charge is -2.42. The zero-order valence-corrected chi connectivity index (χ0v) is 8.61. The van der Waals surface area contributed by atoms with E-state index in [1.54, 1.807) is 0 Å². The van der Waals surface area contributed by atoms with Crippen molar-refractivity contribution in [3.8, 4) is 0 Å². The molecule has 3 aliphatic rings. The van der Waals surface area contributed by atoms with E-state index >= 15 is 0 Å². The van der Waals surface area contributed by atoms with Crippen molar-refractivity contribution in [2.45, 2.75) is 37.1 Å². The van der Waals surface area contributed by atoms with E-state index in [4.69, 9.17) is 9.47 Å². The molecule has 0 radical (unpaired) electrons. The van der Waals surface area contributed by atoms with E-state index in [1.165, 1.54) is 24.0 Å². The van der Waals surface area contributed by atoms with E-state index in [0.29, 0.717) is 11.5 Å². The molecular formula is C13H14O2. The second-order valence-corrected chi connectivity index (χ2v) is 4.95. The van der Waals surface area contributed by atoms with Gasteiger partial charge in [-0.3, -0.25) is 0 Å². The van der Waals surface area contributed by atoms with Crippen LogP contribution in [0.1, 0.15) is 36.5 Å². The highest BCUT2D eigenvalue weighted by Crippen LogP contribution is 2.57. The smallest absolute Gasteiger partial charge is 0.159 e. The summed E-state index contributed by atoms with van der Waals surface area (Å²) in [6, 6.07) is 8.77. The first kappa shape index (κ1) is 8.31. The van der Waals surface area contributed by atoms with Crippen LogP contribution in [-0.4, -0.2) is 12.9 Å². The average Bonchev–Trinajstić information content (AvgIpc) is 2.50. The summed E-state index contributed by atoms with van der Waals surface area (Å²) in [5.41, 5.74) is 3.31. The standard InChI is InChI=1S/C13H14O2/c1-2-4-10-9(3-1)11-7-13(10)5-6-14-12(8-13)15-11/h1-4,11-12H,5-8H2. The zero-order valence-electron chi connectivity index (χ0n) is 8.61. The molecule has 4 rings (SSSR count). The molecule has 2 saturated heterocycles. The molecule has 2 aliphatic heterocycles. The third kappa shape index (κ3) is 0.963. The Hall–Kier alpha value is -0.860. The van der Waals surface area contributed by atoms with Crippen LogP contribution in [0.2, 0.25) is 0 Å². The molecular weight excluding hydrogens is 188 g/mol. The highest BCUT2D eigenvalue weighted by molar-refractivity contribution is 5.42. The van der Waals surface area contributed by atoms with E-state index < -0.39 is 0 Å². The van der Waals surface area contributed by atoms with Gasteiger partial charge in [0.25, 0.3) is 0 Å². The molecule has 78 valence electrons. The van der Waals surface area contributed by atoms with E-state index in [2.05, 4.69) is 24.3 Å². The van der Waals surface area contributed by atoms with Gasteiger partial charge in [0.2, 0.25) is 0 Å². The molecule has 2 nitrogen and oxygen atoms in total. The molecule has 3 bridgehead atoms. The molecule has 0 N–H and O–H groups in total. The van der Waals surface area contributed by atoms with Crippen molar-refractivity contribution in [2.24, 2.45) is 0 Å². The van der Waals surface area contributed by atoms with Crippen LogP contribution in [0.3, 0.4) is 0 Å². The van der Waals surface area contributed by atoms with Crippen molar-refractivity contribution in [1.29, 1.82) is 0 Å². The van der Waals surface area contributed by atoms with Crippen molar-refractivity contribution in [1.82, 2.24) is 0 Å². The third-order valence-corrected chi connectivity index (χ3v) is 4.21. The highest BCUT2D eigenvalue weighted by atomic mass is 16.7. The van der Waals surface area contributed by atoms with Gasteiger partial charge in [0, 0.05) is 11.8 Å². The summed E-state index contributed by atoms with van der Waals surface area (Å²) in [6.07, 6.45) is 3.73. The topological polar surface area (TPSA) is 18.5 Å². The van der Waals surface area contributed by atoms with E-state index in [9.17, 15) is 0 Å². The Morgan fingerprint density at radius 2 is 2.13 bits per heavy atom. The second-order valence-electron chi connectivity index (χ2n) is 4.95. The van der Waals surface area contributed by atoms with E-state index in [1.807, 2.05) is 0 Å². The van der Waals surface area contributed by atoms with Gasteiger partial charge < -0.3 is 9.47 Å². The van der Waals surface area contributed by atoms with Crippen LogP contribution in [0.15, 0.2) is 24.3 Å². The van der Waals surface area contributed by atoms with Crippen molar-refractivity contribution in [3.05, 3.63) is 35.4 Å². The Morgan fingerprint density at radius 3 is 3.13 bits per heavy atom. The van der Waals surface area contributed by atoms with Crippen molar-refractivity contribution in [3.63, 3.8) is 0 Å². The first-order valence-electron chi connectivity index (χ1n) is 5.74. The number of ether oxygens (including phenoxy) is 2. The second kappa shape index (κ2) is 2.63. The molecule has 2 fully saturated rings. The fourth-order valence-electron chi connectivity index (χ4n) is 3.52. The minimum atomic E-state index is 0.0462. The van der Waals surface area contributed by atoms with Crippen molar-refractivity contribution >= 4 is 0 Å². The first-order chi connectivity index (χ1) is 7.37. The average molecular weight is 202 g/mol. The van der Waals surface area contributed by atoms with Crippen molar-refractivity contribution < 1.29 is 9.47 Å². The van der Waals surface area contributed by atoms with Crippen molar-refractivity contribution in [2.75, 3.05) is 6.61 Å². The maximum absolute atomic E-state index is 5.95. The predicted octanol–water partition coefficient (Wildman–Crippen LogP) is 2.54. The van der Waals surface area contributed by atoms with Crippen LogP contribution in [0.5, 0.6) is 0 Å². The number of benzene rings is 1. The summed E-state index contributed by atoms with van der Waals surface area (Å²) in [5.74, 6) is 0. The minimum absolute atomic E-state index is 0.0462. The van der Waals surface area contributed by atoms with Gasteiger partial charge in [0.05, 0.1) is 12.7 Å². The number of rotatable bonds is 0. The molecule has 1 aromatic carbocycles. The third-order valence-electron chi connectivity index (χ3n) is 4.21. The molecule has 3 atom stereocenters. The molecule has 1 aromatic rings. The Morgan fingerprint density at radius 1 is 1.20 bits per heavy atom. The lowest BCUT2D eigenvalue weighted by atomic mass is 9.74. The first-order valence-corrected chi connectivity index (χ1v) is 5.74. The molecule has 1 aliphatic carbocycles. The monoisotopic (exact) mass is 202 g/mol. The van der Waals surface area contributed by atoms with Gasteiger partial charge in [-0.05, 0) is 24.0 Å². The fraction of sp³-hybridized carbons (Fsp3) is 0.538. The van der Waals surface area contributed by atoms with E-state index in [-0.39, 0.29) is 6.29 Å². The maximum Gasteiger partial charge on any atom is 0.159 e. The Labute approximate surface area is 89.2 Å². The highest BCUT2D eigenvalue weighted by Gasteiger charge is 2.52. The van der Waals surface area contributed by atoms with Gasteiger partial charge in [0.1, 0.15) is 0 Å². The summed E-state index contributed by atoms with van der Waals surface area (Å²) >= 11 is 0. The number of fused-ring (bicyclic) bond motifs is 4. The van der Waals surface area contributed by atoms with Gasteiger partial charge in [-0.15, -0.1) is 0 Å². The molecule has 2 heteroatoms. The van der Waals surface area contributed by atoms with E-state index in [0.717, 1.165) is 13.0 Å². The lowest BCUT2D eigenvalue weighted by molar-refractivity contribution is -0.231. The van der Waals surface area contributed by atoms with Crippen LogP contribution in [-0.2, 0) is 14.9 Å². The largest absolute Gasteiger partial charge is 0.353 e. The SMILES string of the molecule is c1ccc2c(c1)C1CC23CCOC(C3)O1. The lowest BCUT2D eigenvalue weighted by Crippen LogP contribution is -2.41.